The van der Waals surface area contributed by atoms with Gasteiger partial charge in [0.1, 0.15) is 5.82 Å². The summed E-state index contributed by atoms with van der Waals surface area (Å²) >= 11 is 7.19. The van der Waals surface area contributed by atoms with Crippen molar-refractivity contribution >= 4 is 29.5 Å². The molecule has 0 fully saturated rings. The van der Waals surface area contributed by atoms with Gasteiger partial charge in [-0.15, -0.1) is 11.3 Å². The monoisotopic (exact) mass is 406 g/mol. The van der Waals surface area contributed by atoms with Gasteiger partial charge in [0.05, 0.1) is 24.4 Å². The first-order chi connectivity index (χ1) is 13.0. The minimum atomic E-state index is -0.441. The van der Waals surface area contributed by atoms with Crippen molar-refractivity contribution in [1.29, 1.82) is 0 Å². The van der Waals surface area contributed by atoms with Gasteiger partial charge < -0.3 is 14.4 Å². The molecular weight excluding hydrogens is 387 g/mol. The molecule has 8 heteroatoms. The number of aromatic hydroxyl groups is 1. The number of hydrogen-bond acceptors (Lipinski definition) is 5. The second kappa shape index (κ2) is 8.49. The van der Waals surface area contributed by atoms with Crippen LogP contribution < -0.4 is 0 Å². The molecule has 1 N–H and O–H groups in total. The van der Waals surface area contributed by atoms with E-state index in [9.17, 15) is 14.3 Å². The van der Waals surface area contributed by atoms with Gasteiger partial charge in [0, 0.05) is 11.4 Å². The number of benzene rings is 1. The van der Waals surface area contributed by atoms with E-state index in [2.05, 4.69) is 0 Å². The third-order valence-electron chi connectivity index (χ3n) is 4.08. The highest BCUT2D eigenvalue weighted by Gasteiger charge is 2.21. The number of nitrogens with zero attached hydrogens (tertiary/aromatic N) is 2. The molecule has 2 heterocycles. The third kappa shape index (κ3) is 4.28. The lowest BCUT2D eigenvalue weighted by atomic mass is 10.3. The standard InChI is InChI=1S/C19H19FN2O3S2/c1-2-25-17(23)12-16-18(24)22(14-7-5-13(20)6-8-14)19(26)21(16)10-9-15-4-3-11-27-15/h3-8,11,24H,2,9-10,12H2,1H3. The Labute approximate surface area is 165 Å². The lowest BCUT2D eigenvalue weighted by molar-refractivity contribution is -0.142. The Balaban J connectivity index is 2.02. The topological polar surface area (TPSA) is 56.4 Å². The molecule has 2 aromatic heterocycles. The second-order valence-corrected chi connectivity index (χ2v) is 7.22. The van der Waals surface area contributed by atoms with Crippen molar-refractivity contribution in [2.45, 2.75) is 26.3 Å². The fraction of sp³-hybridized carbons (Fsp3) is 0.263. The van der Waals surface area contributed by atoms with Crippen LogP contribution >= 0.6 is 23.6 Å². The Morgan fingerprint density at radius 2 is 2.04 bits per heavy atom. The van der Waals surface area contributed by atoms with Crippen molar-refractivity contribution in [1.82, 2.24) is 9.13 Å². The predicted octanol–water partition coefficient (Wildman–Crippen LogP) is 4.26. The minimum absolute atomic E-state index is 0.0953. The van der Waals surface area contributed by atoms with Crippen LogP contribution in [0.15, 0.2) is 41.8 Å². The van der Waals surface area contributed by atoms with Gasteiger partial charge >= 0.3 is 5.97 Å². The molecule has 0 spiro atoms. The number of imidazole rings is 1. The molecule has 0 saturated heterocycles. The van der Waals surface area contributed by atoms with Gasteiger partial charge in [0.25, 0.3) is 0 Å². The third-order valence-corrected chi connectivity index (χ3v) is 5.42. The molecule has 0 radical (unpaired) electrons. The summed E-state index contributed by atoms with van der Waals surface area (Å²) in [5.41, 5.74) is 0.915. The van der Waals surface area contributed by atoms with Gasteiger partial charge in [-0.1, -0.05) is 6.07 Å². The predicted molar refractivity (Wildman–Crippen MR) is 105 cm³/mol. The highest BCUT2D eigenvalue weighted by molar-refractivity contribution is 7.71. The van der Waals surface area contributed by atoms with Crippen LogP contribution in [0.5, 0.6) is 5.88 Å². The number of rotatable bonds is 7. The van der Waals surface area contributed by atoms with E-state index < -0.39 is 5.97 Å². The lowest BCUT2D eigenvalue weighted by Gasteiger charge is -2.07. The molecule has 0 atom stereocenters. The van der Waals surface area contributed by atoms with Crippen LogP contribution in [-0.2, 0) is 28.9 Å². The van der Waals surface area contributed by atoms with Crippen LogP contribution in [0.1, 0.15) is 17.5 Å². The highest BCUT2D eigenvalue weighted by atomic mass is 32.1. The van der Waals surface area contributed by atoms with Crippen molar-refractivity contribution in [2.75, 3.05) is 6.61 Å². The molecule has 1 aromatic carbocycles. The summed E-state index contributed by atoms with van der Waals surface area (Å²) in [5, 5.41) is 12.8. The number of aryl methyl sites for hydroxylation is 1. The quantitative estimate of drug-likeness (QED) is 0.470. The van der Waals surface area contributed by atoms with E-state index in [1.807, 2.05) is 17.5 Å². The zero-order valence-electron chi connectivity index (χ0n) is 14.7. The van der Waals surface area contributed by atoms with Crippen LogP contribution in [0, 0.1) is 10.6 Å². The van der Waals surface area contributed by atoms with Crippen molar-refractivity contribution in [2.24, 2.45) is 0 Å². The van der Waals surface area contributed by atoms with Gasteiger partial charge in [-0.2, -0.15) is 0 Å². The molecule has 0 saturated carbocycles. The molecule has 0 unspecified atom stereocenters. The summed E-state index contributed by atoms with van der Waals surface area (Å²) < 4.78 is 21.8. The normalized spacial score (nSPS) is 10.9. The first-order valence-electron chi connectivity index (χ1n) is 8.48. The van der Waals surface area contributed by atoms with Gasteiger partial charge in [0.2, 0.25) is 5.88 Å². The van der Waals surface area contributed by atoms with E-state index in [0.29, 0.717) is 29.1 Å². The zero-order chi connectivity index (χ0) is 19.4. The van der Waals surface area contributed by atoms with Gasteiger partial charge in [-0.3, -0.25) is 9.36 Å². The number of carbonyl (C=O) groups is 1. The number of esters is 1. The SMILES string of the molecule is CCOC(=O)Cc1c(O)n(-c2ccc(F)cc2)c(=S)n1CCc1cccs1. The number of aromatic nitrogens is 2. The zero-order valence-corrected chi connectivity index (χ0v) is 16.4. The first kappa shape index (κ1) is 19.3. The Hall–Kier alpha value is -2.45. The minimum Gasteiger partial charge on any atom is -0.493 e. The maximum absolute atomic E-state index is 13.3. The maximum Gasteiger partial charge on any atom is 0.311 e. The average Bonchev–Trinajstić information content (AvgIpc) is 3.23. The van der Waals surface area contributed by atoms with E-state index in [1.165, 1.54) is 33.7 Å². The van der Waals surface area contributed by atoms with E-state index in [-0.39, 0.29) is 24.7 Å². The van der Waals surface area contributed by atoms with Crippen molar-refractivity contribution in [3.63, 3.8) is 0 Å². The summed E-state index contributed by atoms with van der Waals surface area (Å²) in [4.78, 5) is 13.2. The van der Waals surface area contributed by atoms with Crippen LogP contribution in [-0.4, -0.2) is 26.8 Å². The van der Waals surface area contributed by atoms with Crippen molar-refractivity contribution in [3.8, 4) is 11.6 Å². The summed E-state index contributed by atoms with van der Waals surface area (Å²) in [6.45, 7) is 2.49. The molecular formula is C19H19FN2O3S2. The summed E-state index contributed by atoms with van der Waals surface area (Å²) in [7, 11) is 0. The number of halogens is 1. The molecule has 27 heavy (non-hydrogen) atoms. The molecule has 0 bridgehead atoms. The number of thiophene rings is 1. The van der Waals surface area contributed by atoms with Crippen LogP contribution in [0.3, 0.4) is 0 Å². The smallest absolute Gasteiger partial charge is 0.311 e. The Bertz CT molecular complexity index is 976. The Kier molecular flexibility index (Phi) is 6.08. The van der Waals surface area contributed by atoms with E-state index >= 15 is 0 Å². The molecule has 0 amide bonds. The Morgan fingerprint density at radius 1 is 1.30 bits per heavy atom. The van der Waals surface area contributed by atoms with Crippen LogP contribution in [0.4, 0.5) is 4.39 Å². The van der Waals surface area contributed by atoms with E-state index in [4.69, 9.17) is 17.0 Å². The Morgan fingerprint density at radius 3 is 2.67 bits per heavy atom. The molecule has 0 aliphatic heterocycles. The van der Waals surface area contributed by atoms with E-state index in [0.717, 1.165) is 0 Å². The fourth-order valence-electron chi connectivity index (χ4n) is 2.83. The van der Waals surface area contributed by atoms with E-state index in [1.54, 1.807) is 22.8 Å². The van der Waals surface area contributed by atoms with Gasteiger partial charge in [0.15, 0.2) is 4.77 Å². The number of carbonyl (C=O) groups excluding carboxylic acids is 1. The summed E-state index contributed by atoms with van der Waals surface area (Å²) in [6, 6.07) is 9.65. The molecule has 3 rings (SSSR count). The van der Waals surface area contributed by atoms with Gasteiger partial charge in [-0.05, 0) is 61.3 Å². The molecule has 5 nitrogen and oxygen atoms in total. The largest absolute Gasteiger partial charge is 0.493 e. The average molecular weight is 407 g/mol. The number of ether oxygens (including phenoxy) is 1. The van der Waals surface area contributed by atoms with Gasteiger partial charge in [-0.25, -0.2) is 4.39 Å². The number of hydrogen-bond donors (Lipinski definition) is 1. The van der Waals surface area contributed by atoms with Crippen molar-refractivity contribution in [3.05, 3.63) is 62.9 Å². The second-order valence-electron chi connectivity index (χ2n) is 5.83. The summed E-state index contributed by atoms with van der Waals surface area (Å²) in [5.74, 6) is -0.955. The molecule has 0 aliphatic rings. The molecule has 142 valence electrons. The first-order valence-corrected chi connectivity index (χ1v) is 9.77. The van der Waals surface area contributed by atoms with Crippen molar-refractivity contribution < 1.29 is 19.0 Å². The summed E-state index contributed by atoms with van der Waals surface area (Å²) in [6.07, 6.45) is 0.622. The molecule has 3 aromatic rings. The maximum atomic E-state index is 13.3. The van der Waals surface area contributed by atoms with Crippen LogP contribution in [0.2, 0.25) is 0 Å². The molecule has 0 aliphatic carbocycles. The fourth-order valence-corrected chi connectivity index (χ4v) is 3.92. The highest BCUT2D eigenvalue weighted by Crippen LogP contribution is 2.27. The lowest BCUT2D eigenvalue weighted by Crippen LogP contribution is -2.13. The van der Waals surface area contributed by atoms with Crippen LogP contribution in [0.25, 0.3) is 5.69 Å².